The molecule has 1 aliphatic heterocycles. The summed E-state index contributed by atoms with van der Waals surface area (Å²) in [7, 11) is -3.84. The molecule has 4 heterocycles. The van der Waals surface area contributed by atoms with Crippen molar-refractivity contribution in [3.63, 3.8) is 0 Å². The fourth-order valence-electron chi connectivity index (χ4n) is 4.42. The fraction of sp³-hybridized carbons (Fsp3) is 0.400. The number of hydrogen-bond acceptors (Lipinski definition) is 7. The zero-order valence-electron chi connectivity index (χ0n) is 21.0. The molecule has 12 heteroatoms. The van der Waals surface area contributed by atoms with Crippen LogP contribution in [0, 0.1) is 6.92 Å². The number of amides is 1. The van der Waals surface area contributed by atoms with Gasteiger partial charge in [0.05, 0.1) is 20.2 Å². The number of anilines is 1. The number of rotatable bonds is 5. The van der Waals surface area contributed by atoms with Gasteiger partial charge in [-0.25, -0.2) is 13.4 Å². The first-order valence-electron chi connectivity index (χ1n) is 12.0. The molecule has 37 heavy (non-hydrogen) atoms. The van der Waals surface area contributed by atoms with Crippen molar-refractivity contribution in [1.82, 2.24) is 19.1 Å². The number of nitrogens with one attached hydrogen (secondary N) is 1. The molecule has 196 valence electrons. The number of aromatic nitrogens is 3. The van der Waals surface area contributed by atoms with Crippen LogP contribution in [0.3, 0.4) is 0 Å². The maximum Gasteiger partial charge on any atom is 0.253 e. The second-order valence-corrected chi connectivity index (χ2v) is 15.0. The first-order chi connectivity index (χ1) is 17.4. The summed E-state index contributed by atoms with van der Waals surface area (Å²) in [6.45, 7) is 8.63. The highest BCUT2D eigenvalue weighted by molar-refractivity contribution is 7.91. The predicted octanol–water partition coefficient (Wildman–Crippen LogP) is 5.98. The lowest BCUT2D eigenvalue weighted by Crippen LogP contribution is -2.49. The topological polar surface area (TPSA) is 97.2 Å². The van der Waals surface area contributed by atoms with Gasteiger partial charge in [0.15, 0.2) is 0 Å². The molecule has 0 aliphatic carbocycles. The number of piperidine rings is 1. The van der Waals surface area contributed by atoms with E-state index in [1.54, 1.807) is 16.8 Å². The Kier molecular flexibility index (Phi) is 6.95. The first-order valence-corrected chi connectivity index (χ1v) is 15.4. The number of nitrogens with zero attached hydrogens (tertiary/aromatic N) is 4. The monoisotopic (exact) mass is 577 g/mol. The number of fused-ring (bicyclic) bond motifs is 1. The third-order valence-electron chi connectivity index (χ3n) is 6.38. The van der Waals surface area contributed by atoms with Gasteiger partial charge in [0, 0.05) is 12.6 Å². The Balaban J connectivity index is 1.44. The van der Waals surface area contributed by atoms with Gasteiger partial charge < -0.3 is 5.32 Å². The summed E-state index contributed by atoms with van der Waals surface area (Å²) < 4.78 is 31.1. The lowest BCUT2D eigenvalue weighted by molar-refractivity contribution is -0.120. The molecule has 8 nitrogen and oxygen atoms in total. The highest BCUT2D eigenvalue weighted by atomic mass is 35.5. The van der Waals surface area contributed by atoms with Crippen LogP contribution in [-0.2, 0) is 20.2 Å². The van der Waals surface area contributed by atoms with E-state index in [1.807, 2.05) is 13.0 Å². The van der Waals surface area contributed by atoms with Crippen LogP contribution >= 0.6 is 34.3 Å². The van der Waals surface area contributed by atoms with Gasteiger partial charge in [0.1, 0.15) is 16.1 Å². The van der Waals surface area contributed by atoms with E-state index in [2.05, 4.69) is 43.3 Å². The van der Waals surface area contributed by atoms with E-state index < -0.39 is 16.1 Å². The van der Waals surface area contributed by atoms with Gasteiger partial charge >= 0.3 is 0 Å². The molecule has 4 aromatic rings. The smallest absolute Gasteiger partial charge is 0.253 e. The molecule has 0 radical (unpaired) electrons. The summed E-state index contributed by atoms with van der Waals surface area (Å²) in [5.74, 6) is 0.0721. The molecular weight excluding hydrogens is 550 g/mol. The van der Waals surface area contributed by atoms with E-state index in [0.717, 1.165) is 28.0 Å². The van der Waals surface area contributed by atoms with E-state index in [-0.39, 0.29) is 22.1 Å². The van der Waals surface area contributed by atoms with Crippen molar-refractivity contribution in [2.24, 2.45) is 0 Å². The number of thiazole rings is 1. The van der Waals surface area contributed by atoms with Crippen molar-refractivity contribution < 1.29 is 13.2 Å². The molecule has 1 aliphatic rings. The number of carbonyl (C=O) groups is 1. The van der Waals surface area contributed by atoms with Crippen molar-refractivity contribution in [3.8, 4) is 5.13 Å². The Labute approximate surface area is 229 Å². The van der Waals surface area contributed by atoms with Gasteiger partial charge in [-0.2, -0.15) is 14.1 Å². The standard InChI is InChI=1S/C25H28ClN5O3S3/c1-15-13-21(31(29-15)24-27-17-9-8-16(25(2,3)4)14-19(17)35-24)28-23(32)18-7-5-6-12-30(18)37(33,34)22-11-10-20(26)36-22/h8-11,13-14,18H,5-7,12H2,1-4H3,(H,28,32). The van der Waals surface area contributed by atoms with Crippen molar-refractivity contribution in [2.75, 3.05) is 11.9 Å². The minimum Gasteiger partial charge on any atom is -0.309 e. The molecule has 1 aromatic carbocycles. The minimum atomic E-state index is -3.84. The Morgan fingerprint density at radius 3 is 2.62 bits per heavy atom. The van der Waals surface area contributed by atoms with Crippen molar-refractivity contribution in [1.29, 1.82) is 0 Å². The van der Waals surface area contributed by atoms with E-state index in [1.165, 1.54) is 27.3 Å². The van der Waals surface area contributed by atoms with Crippen LogP contribution in [0.4, 0.5) is 5.82 Å². The summed E-state index contributed by atoms with van der Waals surface area (Å²) in [4.78, 5) is 18.2. The molecule has 1 unspecified atom stereocenters. The molecule has 1 saturated heterocycles. The summed E-state index contributed by atoms with van der Waals surface area (Å²) in [5.41, 5.74) is 2.80. The second-order valence-electron chi connectivity index (χ2n) is 10.2. The predicted molar refractivity (Wildman–Crippen MR) is 150 cm³/mol. The van der Waals surface area contributed by atoms with Crippen LogP contribution in [0.15, 0.2) is 40.6 Å². The molecule has 0 bridgehead atoms. The fourth-order valence-corrected chi connectivity index (χ4v) is 8.66. The maximum atomic E-state index is 13.5. The number of sulfonamides is 1. The van der Waals surface area contributed by atoms with Crippen LogP contribution in [-0.4, -0.2) is 46.0 Å². The lowest BCUT2D eigenvalue weighted by Gasteiger charge is -2.33. The minimum absolute atomic E-state index is 0.0143. The number of thiophene rings is 1. The Bertz CT molecular complexity index is 1580. The molecular formula is C25H28ClN5O3S3. The summed E-state index contributed by atoms with van der Waals surface area (Å²) in [5, 5.41) is 8.14. The molecule has 1 atom stereocenters. The van der Waals surface area contributed by atoms with E-state index in [4.69, 9.17) is 16.6 Å². The van der Waals surface area contributed by atoms with E-state index in [0.29, 0.717) is 33.8 Å². The second kappa shape index (κ2) is 9.77. The summed E-state index contributed by atoms with van der Waals surface area (Å²) in [6.07, 6.45) is 1.90. The Morgan fingerprint density at radius 2 is 1.92 bits per heavy atom. The number of benzene rings is 1. The van der Waals surface area contributed by atoms with Crippen molar-refractivity contribution >= 4 is 66.2 Å². The molecule has 3 aromatic heterocycles. The van der Waals surface area contributed by atoms with Gasteiger partial charge in [-0.3, -0.25) is 4.79 Å². The van der Waals surface area contributed by atoms with Gasteiger partial charge in [0.2, 0.25) is 11.0 Å². The third kappa shape index (κ3) is 5.20. The zero-order valence-corrected chi connectivity index (χ0v) is 24.2. The first kappa shape index (κ1) is 26.3. The number of halogens is 1. The zero-order chi connectivity index (χ0) is 26.5. The summed E-state index contributed by atoms with van der Waals surface area (Å²) >= 11 is 8.48. The molecule has 1 fully saturated rings. The maximum absolute atomic E-state index is 13.5. The quantitative estimate of drug-likeness (QED) is 0.314. The highest BCUT2D eigenvalue weighted by Gasteiger charge is 2.38. The average molecular weight is 578 g/mol. The van der Waals surface area contributed by atoms with Gasteiger partial charge in [0.25, 0.3) is 10.0 Å². The normalized spacial score (nSPS) is 17.4. The third-order valence-corrected chi connectivity index (χ3v) is 11.0. The highest BCUT2D eigenvalue weighted by Crippen LogP contribution is 2.34. The van der Waals surface area contributed by atoms with Crippen LogP contribution in [0.2, 0.25) is 4.34 Å². The number of hydrogen-bond donors (Lipinski definition) is 1. The van der Waals surface area contributed by atoms with Crippen LogP contribution in [0.1, 0.15) is 51.3 Å². The Hall–Kier alpha value is -2.31. The van der Waals surface area contributed by atoms with Gasteiger partial charge in [-0.05, 0) is 55.0 Å². The number of aryl methyl sites for hydroxylation is 1. The molecule has 1 N–H and O–H groups in total. The van der Waals surface area contributed by atoms with Crippen LogP contribution in [0.5, 0.6) is 0 Å². The Morgan fingerprint density at radius 1 is 1.14 bits per heavy atom. The number of carbonyl (C=O) groups excluding carboxylic acids is 1. The molecule has 0 spiro atoms. The van der Waals surface area contributed by atoms with Crippen molar-refractivity contribution in [2.45, 2.75) is 62.6 Å². The molecule has 1 amide bonds. The largest absolute Gasteiger partial charge is 0.309 e. The van der Waals surface area contributed by atoms with E-state index >= 15 is 0 Å². The van der Waals surface area contributed by atoms with Gasteiger partial charge in [-0.1, -0.05) is 56.2 Å². The summed E-state index contributed by atoms with van der Waals surface area (Å²) in [6, 6.07) is 10.2. The van der Waals surface area contributed by atoms with E-state index in [9.17, 15) is 13.2 Å². The average Bonchev–Trinajstić information content (AvgIpc) is 3.56. The van der Waals surface area contributed by atoms with Crippen LogP contribution < -0.4 is 5.32 Å². The molecule has 0 saturated carbocycles. The SMILES string of the molecule is Cc1cc(NC(=O)C2CCCCN2S(=O)(=O)c2ccc(Cl)s2)n(-c2nc3ccc(C(C)(C)C)cc3s2)n1. The van der Waals surface area contributed by atoms with Crippen molar-refractivity contribution in [3.05, 3.63) is 52.0 Å². The van der Waals surface area contributed by atoms with Crippen LogP contribution in [0.25, 0.3) is 15.3 Å². The lowest BCUT2D eigenvalue weighted by atomic mass is 9.87. The van der Waals surface area contributed by atoms with Gasteiger partial charge in [-0.15, -0.1) is 11.3 Å². The molecule has 5 rings (SSSR count).